The molecule has 0 bridgehead atoms. The lowest BCUT2D eigenvalue weighted by Gasteiger charge is -2.11. The molecule has 1 aromatic heterocycles. The molecule has 0 aliphatic rings. The first-order chi connectivity index (χ1) is 6.74. The number of hydrogen-bond acceptors (Lipinski definition) is 3. The minimum atomic E-state index is -0.430. The van der Waals surface area contributed by atoms with Gasteiger partial charge in [-0.1, -0.05) is 0 Å². The molecule has 14 heavy (non-hydrogen) atoms. The molecule has 4 nitrogen and oxygen atoms in total. The van der Waals surface area contributed by atoms with Crippen molar-refractivity contribution >= 4 is 11.6 Å². The van der Waals surface area contributed by atoms with Gasteiger partial charge < -0.3 is 10.1 Å². The maximum atomic E-state index is 11.4. The van der Waals surface area contributed by atoms with Gasteiger partial charge in [-0.25, -0.2) is 0 Å². The van der Waals surface area contributed by atoms with Crippen molar-refractivity contribution in [3.8, 4) is 0 Å². The Hall–Kier alpha value is -1.42. The van der Waals surface area contributed by atoms with Gasteiger partial charge in [-0.05, 0) is 26.0 Å². The van der Waals surface area contributed by atoms with E-state index in [4.69, 9.17) is 4.74 Å². The minimum Gasteiger partial charge on any atom is -0.369 e. The fraction of sp³-hybridized carbons (Fsp3) is 0.400. The Kier molecular flexibility index (Phi) is 4.07. The lowest BCUT2D eigenvalue weighted by atomic mass is 10.3. The summed E-state index contributed by atoms with van der Waals surface area (Å²) in [5.41, 5.74) is 0.684. The van der Waals surface area contributed by atoms with Crippen LogP contribution in [0.3, 0.4) is 0 Å². The highest BCUT2D eigenvalue weighted by molar-refractivity contribution is 5.93. The molecular formula is C10H14N2O2. The highest BCUT2D eigenvalue weighted by Gasteiger charge is 2.11. The van der Waals surface area contributed by atoms with Crippen LogP contribution in [-0.4, -0.2) is 23.6 Å². The number of amides is 1. The number of hydrogen-bond donors (Lipinski definition) is 1. The van der Waals surface area contributed by atoms with Crippen molar-refractivity contribution in [1.29, 1.82) is 0 Å². The first-order valence-corrected chi connectivity index (χ1v) is 4.56. The molecule has 76 valence electrons. The zero-order valence-electron chi connectivity index (χ0n) is 8.36. The highest BCUT2D eigenvalue weighted by Crippen LogP contribution is 2.04. The fourth-order valence-electron chi connectivity index (χ4n) is 1.01. The van der Waals surface area contributed by atoms with Gasteiger partial charge in [0.15, 0.2) is 0 Å². The summed E-state index contributed by atoms with van der Waals surface area (Å²) in [7, 11) is 0. The Bertz CT molecular complexity index is 287. The average molecular weight is 194 g/mol. The van der Waals surface area contributed by atoms with Gasteiger partial charge in [-0.2, -0.15) is 0 Å². The van der Waals surface area contributed by atoms with Crippen molar-refractivity contribution in [2.45, 2.75) is 20.0 Å². The Labute approximate surface area is 83.3 Å². The summed E-state index contributed by atoms with van der Waals surface area (Å²) in [6, 6.07) is 3.55. The molecule has 1 N–H and O–H groups in total. The van der Waals surface area contributed by atoms with Crippen LogP contribution in [0.15, 0.2) is 24.5 Å². The lowest BCUT2D eigenvalue weighted by Crippen LogP contribution is -2.27. The summed E-state index contributed by atoms with van der Waals surface area (Å²) >= 11 is 0. The van der Waals surface area contributed by atoms with Crippen LogP contribution in [0, 0.1) is 0 Å². The number of rotatable bonds is 4. The van der Waals surface area contributed by atoms with E-state index in [1.165, 1.54) is 0 Å². The van der Waals surface area contributed by atoms with Gasteiger partial charge >= 0.3 is 0 Å². The van der Waals surface area contributed by atoms with Crippen molar-refractivity contribution in [3.63, 3.8) is 0 Å². The highest BCUT2D eigenvalue weighted by atomic mass is 16.5. The normalized spacial score (nSPS) is 12.1. The van der Waals surface area contributed by atoms with Gasteiger partial charge in [0.1, 0.15) is 6.10 Å². The van der Waals surface area contributed by atoms with E-state index in [1.807, 2.05) is 6.92 Å². The second-order valence-electron chi connectivity index (χ2n) is 2.83. The summed E-state index contributed by atoms with van der Waals surface area (Å²) < 4.78 is 5.14. The fourth-order valence-corrected chi connectivity index (χ4v) is 1.01. The summed E-state index contributed by atoms with van der Waals surface area (Å²) in [6.07, 6.45) is 2.82. The van der Waals surface area contributed by atoms with E-state index in [0.29, 0.717) is 12.3 Å². The number of nitrogens with zero attached hydrogens (tertiary/aromatic N) is 1. The zero-order chi connectivity index (χ0) is 10.4. The largest absolute Gasteiger partial charge is 0.369 e. The third kappa shape index (κ3) is 3.14. The summed E-state index contributed by atoms with van der Waals surface area (Å²) in [6.45, 7) is 4.10. The molecule has 0 spiro atoms. The lowest BCUT2D eigenvalue weighted by molar-refractivity contribution is -0.126. The summed E-state index contributed by atoms with van der Waals surface area (Å²) in [4.78, 5) is 15.3. The summed E-state index contributed by atoms with van der Waals surface area (Å²) in [5.74, 6) is -0.153. The van der Waals surface area contributed by atoms with Gasteiger partial charge in [-0.15, -0.1) is 0 Å². The smallest absolute Gasteiger partial charge is 0.253 e. The number of anilines is 1. The Morgan fingerprint density at radius 3 is 3.07 bits per heavy atom. The van der Waals surface area contributed by atoms with Crippen LogP contribution in [0.4, 0.5) is 5.69 Å². The number of pyridine rings is 1. The first-order valence-electron chi connectivity index (χ1n) is 4.56. The maximum Gasteiger partial charge on any atom is 0.253 e. The van der Waals surface area contributed by atoms with Crippen LogP contribution >= 0.6 is 0 Å². The van der Waals surface area contributed by atoms with Gasteiger partial charge in [0.05, 0.1) is 11.9 Å². The molecule has 0 aromatic carbocycles. The maximum absolute atomic E-state index is 11.4. The van der Waals surface area contributed by atoms with E-state index < -0.39 is 6.10 Å². The first kappa shape index (κ1) is 10.7. The molecule has 0 fully saturated rings. The number of carbonyl (C=O) groups excluding carboxylic acids is 1. The average Bonchev–Trinajstić information content (AvgIpc) is 2.19. The van der Waals surface area contributed by atoms with Crippen LogP contribution in [0.1, 0.15) is 13.8 Å². The van der Waals surface area contributed by atoms with Gasteiger partial charge in [0.2, 0.25) is 0 Å². The molecule has 0 saturated carbocycles. The van der Waals surface area contributed by atoms with E-state index in [9.17, 15) is 4.79 Å². The Morgan fingerprint density at radius 2 is 2.50 bits per heavy atom. The van der Waals surface area contributed by atoms with Crippen LogP contribution in [0.5, 0.6) is 0 Å². The van der Waals surface area contributed by atoms with Crippen LogP contribution in [0.25, 0.3) is 0 Å². The van der Waals surface area contributed by atoms with Crippen molar-refractivity contribution in [2.24, 2.45) is 0 Å². The van der Waals surface area contributed by atoms with Crippen molar-refractivity contribution in [2.75, 3.05) is 11.9 Å². The summed E-state index contributed by atoms with van der Waals surface area (Å²) in [5, 5.41) is 2.70. The molecule has 1 aromatic rings. The van der Waals surface area contributed by atoms with E-state index in [1.54, 1.807) is 31.5 Å². The number of nitrogens with one attached hydrogen (secondary N) is 1. The third-order valence-corrected chi connectivity index (χ3v) is 1.71. The SMILES string of the molecule is CCO[C@@H](C)C(=O)Nc1cccnc1. The quantitative estimate of drug-likeness (QED) is 0.789. The number of aromatic nitrogens is 1. The van der Waals surface area contributed by atoms with E-state index in [2.05, 4.69) is 10.3 Å². The number of carbonyl (C=O) groups is 1. The molecule has 1 rings (SSSR count). The molecule has 0 aliphatic carbocycles. The second kappa shape index (κ2) is 5.34. The Balaban J connectivity index is 2.49. The minimum absolute atomic E-state index is 0.153. The Morgan fingerprint density at radius 1 is 1.71 bits per heavy atom. The second-order valence-corrected chi connectivity index (χ2v) is 2.83. The van der Waals surface area contributed by atoms with Gasteiger partial charge in [0.25, 0.3) is 5.91 Å². The van der Waals surface area contributed by atoms with Gasteiger partial charge in [-0.3, -0.25) is 9.78 Å². The molecule has 0 aliphatic heterocycles. The predicted molar refractivity (Wildman–Crippen MR) is 54.0 cm³/mol. The predicted octanol–water partition coefficient (Wildman–Crippen LogP) is 1.45. The van der Waals surface area contributed by atoms with E-state index in [-0.39, 0.29) is 5.91 Å². The van der Waals surface area contributed by atoms with Crippen LogP contribution < -0.4 is 5.32 Å². The van der Waals surface area contributed by atoms with Crippen LogP contribution in [-0.2, 0) is 9.53 Å². The molecule has 1 atom stereocenters. The van der Waals surface area contributed by atoms with Crippen molar-refractivity contribution in [3.05, 3.63) is 24.5 Å². The zero-order valence-corrected chi connectivity index (χ0v) is 8.36. The molecule has 1 amide bonds. The van der Waals surface area contributed by atoms with Crippen molar-refractivity contribution in [1.82, 2.24) is 4.98 Å². The van der Waals surface area contributed by atoms with Gasteiger partial charge in [0, 0.05) is 12.8 Å². The third-order valence-electron chi connectivity index (χ3n) is 1.71. The molecule has 1 heterocycles. The number of ether oxygens (including phenoxy) is 1. The van der Waals surface area contributed by atoms with E-state index in [0.717, 1.165) is 0 Å². The van der Waals surface area contributed by atoms with Crippen molar-refractivity contribution < 1.29 is 9.53 Å². The topological polar surface area (TPSA) is 51.2 Å². The molecule has 0 radical (unpaired) electrons. The molecular weight excluding hydrogens is 180 g/mol. The molecule has 0 saturated heterocycles. The molecule has 0 unspecified atom stereocenters. The van der Waals surface area contributed by atoms with E-state index >= 15 is 0 Å². The van der Waals surface area contributed by atoms with Crippen LogP contribution in [0.2, 0.25) is 0 Å². The molecule has 4 heteroatoms. The monoisotopic (exact) mass is 194 g/mol. The standard InChI is InChI=1S/C10H14N2O2/c1-3-14-8(2)10(13)12-9-5-4-6-11-7-9/h4-8H,3H2,1-2H3,(H,12,13)/t8-/m0/s1.